The lowest BCUT2D eigenvalue weighted by molar-refractivity contribution is -0.301. The molecule has 0 aromatic carbocycles. The summed E-state index contributed by atoms with van der Waals surface area (Å²) in [6.45, 7) is 16.3. The number of nitrogens with one attached hydrogen (secondary N) is 1. The zero-order valence-electron chi connectivity index (χ0n) is 24.2. The molecule has 3 heteroatoms. The zero-order chi connectivity index (χ0) is 26.2. The fourth-order valence-electron chi connectivity index (χ4n) is 9.26. The van der Waals surface area contributed by atoms with E-state index in [1.807, 2.05) is 0 Å². The van der Waals surface area contributed by atoms with Crippen LogP contribution in [0.15, 0.2) is 46.6 Å². The average molecular weight is 494 g/mol. The molecular weight excluding hydrogens is 442 g/mol. The van der Waals surface area contributed by atoms with Gasteiger partial charge >= 0.3 is 6.09 Å². The smallest absolute Gasteiger partial charge is 0.407 e. The van der Waals surface area contributed by atoms with Crippen molar-refractivity contribution >= 4 is 6.09 Å². The van der Waals surface area contributed by atoms with Gasteiger partial charge in [0, 0.05) is 5.54 Å². The number of carbonyl (C=O) groups excluding carboxylic acids is 1. The first-order valence-corrected chi connectivity index (χ1v) is 14.5. The van der Waals surface area contributed by atoms with E-state index in [1.165, 1.54) is 54.4 Å². The van der Waals surface area contributed by atoms with E-state index in [0.717, 1.165) is 44.4 Å². The Morgan fingerprint density at radius 2 is 1.36 bits per heavy atom. The topological polar surface area (TPSA) is 38.3 Å². The highest BCUT2D eigenvalue weighted by Crippen LogP contribution is 2.92. The maximum atomic E-state index is 12.7. The molecule has 4 aliphatic carbocycles. The Bertz CT molecular complexity index is 982. The van der Waals surface area contributed by atoms with Crippen LogP contribution < -0.4 is 5.32 Å². The van der Waals surface area contributed by atoms with Crippen LogP contribution in [-0.2, 0) is 4.74 Å². The highest BCUT2D eigenvalue weighted by Gasteiger charge is 2.87. The standard InChI is InChI=1S/C33H51NO2/c1-24(2)11-8-12-25(3)13-9-14-26(4)15-10-16-27(5)17-18-36-29(35)34-32-20-28-19-30(6)21-31(7,22-32)33(28,30)23-32/h11,13,15,17,28H,8-10,12,14,16,18-23H2,1-7H3,(H,34,35)/b25-13+,26-15+,27-17+. The molecule has 0 heterocycles. The van der Waals surface area contributed by atoms with Gasteiger partial charge in [-0.3, -0.25) is 0 Å². The van der Waals surface area contributed by atoms with E-state index < -0.39 is 0 Å². The number of hydrogen-bond acceptors (Lipinski definition) is 2. The molecule has 0 saturated heterocycles. The normalized spacial score (nSPS) is 36.6. The number of alkyl carbamates (subject to hydrolysis) is 1. The van der Waals surface area contributed by atoms with Crippen LogP contribution in [0.1, 0.15) is 119 Å². The molecule has 200 valence electrons. The van der Waals surface area contributed by atoms with Crippen LogP contribution in [0.5, 0.6) is 0 Å². The van der Waals surface area contributed by atoms with Crippen LogP contribution >= 0.6 is 0 Å². The van der Waals surface area contributed by atoms with Crippen molar-refractivity contribution in [3.8, 4) is 0 Å². The first-order valence-electron chi connectivity index (χ1n) is 14.5. The van der Waals surface area contributed by atoms with Crippen LogP contribution in [0.25, 0.3) is 0 Å². The third kappa shape index (κ3) is 5.01. The third-order valence-electron chi connectivity index (χ3n) is 10.5. The van der Waals surface area contributed by atoms with Crippen LogP contribution in [0.3, 0.4) is 0 Å². The number of ether oxygens (including phenoxy) is 1. The van der Waals surface area contributed by atoms with Gasteiger partial charge in [0.1, 0.15) is 6.61 Å². The van der Waals surface area contributed by atoms with Crippen molar-refractivity contribution < 1.29 is 9.53 Å². The minimum absolute atomic E-state index is 0.00876. The quantitative estimate of drug-likeness (QED) is 0.275. The van der Waals surface area contributed by atoms with E-state index in [9.17, 15) is 4.79 Å². The van der Waals surface area contributed by atoms with E-state index in [4.69, 9.17) is 4.74 Å². The van der Waals surface area contributed by atoms with Gasteiger partial charge < -0.3 is 10.1 Å². The predicted octanol–water partition coefficient (Wildman–Crippen LogP) is 9.22. The van der Waals surface area contributed by atoms with Gasteiger partial charge in [0.25, 0.3) is 0 Å². The monoisotopic (exact) mass is 493 g/mol. The maximum Gasteiger partial charge on any atom is 0.407 e. The molecule has 4 rings (SSSR count). The number of carbonyl (C=O) groups is 1. The Balaban J connectivity index is 1.12. The van der Waals surface area contributed by atoms with E-state index in [-0.39, 0.29) is 11.6 Å². The van der Waals surface area contributed by atoms with Gasteiger partial charge in [-0.25, -0.2) is 4.79 Å². The lowest BCUT2D eigenvalue weighted by Crippen LogP contribution is -2.72. The molecule has 0 radical (unpaired) electrons. The molecule has 0 aliphatic heterocycles. The summed E-state index contributed by atoms with van der Waals surface area (Å²) in [5, 5.41) is 3.35. The molecule has 5 atom stereocenters. The van der Waals surface area contributed by atoms with Crippen LogP contribution in [0.4, 0.5) is 4.79 Å². The number of fused-ring (bicyclic) bond motifs is 1. The SMILES string of the molecule is CC(C)=CCC/C(C)=C/CC/C(C)=C/CC/C(C)=C/COC(=O)NC12CC3CC4(C)CC(C)(C1)C34C2. The zero-order valence-corrected chi connectivity index (χ0v) is 24.2. The van der Waals surface area contributed by atoms with Gasteiger partial charge in [0.15, 0.2) is 0 Å². The lowest BCUT2D eigenvalue weighted by atomic mass is 9.26. The molecule has 0 aromatic heterocycles. The second kappa shape index (κ2) is 10.2. The van der Waals surface area contributed by atoms with E-state index in [2.05, 4.69) is 78.1 Å². The summed E-state index contributed by atoms with van der Waals surface area (Å²) < 4.78 is 5.61. The number of allylic oxidation sites excluding steroid dienone is 7. The maximum absolute atomic E-state index is 12.7. The summed E-state index contributed by atoms with van der Waals surface area (Å²) in [4.78, 5) is 12.7. The van der Waals surface area contributed by atoms with Crippen molar-refractivity contribution in [1.82, 2.24) is 5.32 Å². The molecule has 36 heavy (non-hydrogen) atoms. The Labute approximate surface area is 220 Å². The molecule has 0 aromatic rings. The second-order valence-electron chi connectivity index (χ2n) is 13.8. The van der Waals surface area contributed by atoms with Gasteiger partial charge in [0.2, 0.25) is 0 Å². The fraction of sp³-hybridized carbons (Fsp3) is 0.727. The summed E-state index contributed by atoms with van der Waals surface area (Å²) in [6.07, 6.45) is 21.8. The summed E-state index contributed by atoms with van der Waals surface area (Å²) in [6, 6.07) is 0. The molecule has 2 bridgehead atoms. The summed E-state index contributed by atoms with van der Waals surface area (Å²) in [7, 11) is 0. The number of rotatable bonds is 12. The van der Waals surface area contributed by atoms with Crippen molar-refractivity contribution in [1.29, 1.82) is 0 Å². The second-order valence-corrected chi connectivity index (χ2v) is 13.8. The first kappa shape index (κ1) is 27.3. The van der Waals surface area contributed by atoms with Crippen molar-refractivity contribution in [3.05, 3.63) is 46.6 Å². The summed E-state index contributed by atoms with van der Waals surface area (Å²) in [5.41, 5.74) is 7.15. The Hall–Kier alpha value is -1.77. The molecule has 1 N–H and O–H groups in total. The molecular formula is C33H51NO2. The number of hydrogen-bond donors (Lipinski definition) is 1. The van der Waals surface area contributed by atoms with Crippen LogP contribution in [0, 0.1) is 22.2 Å². The molecule has 4 saturated carbocycles. The fourth-order valence-corrected chi connectivity index (χ4v) is 9.26. The minimum atomic E-state index is -0.219. The highest BCUT2D eigenvalue weighted by molar-refractivity contribution is 5.69. The van der Waals surface area contributed by atoms with Crippen LogP contribution in [-0.4, -0.2) is 18.2 Å². The molecule has 5 unspecified atom stereocenters. The van der Waals surface area contributed by atoms with Crippen molar-refractivity contribution in [2.45, 2.75) is 125 Å². The predicted molar refractivity (Wildman–Crippen MR) is 151 cm³/mol. The molecule has 1 spiro atoms. The van der Waals surface area contributed by atoms with Crippen molar-refractivity contribution in [2.75, 3.05) is 6.61 Å². The van der Waals surface area contributed by atoms with Crippen molar-refractivity contribution in [2.24, 2.45) is 22.2 Å². The summed E-state index contributed by atoms with van der Waals surface area (Å²) >= 11 is 0. The Morgan fingerprint density at radius 3 is 1.89 bits per heavy atom. The van der Waals surface area contributed by atoms with Gasteiger partial charge in [-0.2, -0.15) is 0 Å². The van der Waals surface area contributed by atoms with Crippen LogP contribution in [0.2, 0.25) is 0 Å². The minimum Gasteiger partial charge on any atom is -0.445 e. The summed E-state index contributed by atoms with van der Waals surface area (Å²) in [5.74, 6) is 0.821. The molecule has 4 aliphatic rings. The molecule has 1 amide bonds. The van der Waals surface area contributed by atoms with Gasteiger partial charge in [-0.1, -0.05) is 54.4 Å². The highest BCUT2D eigenvalue weighted by atomic mass is 16.5. The van der Waals surface area contributed by atoms with Crippen molar-refractivity contribution in [3.63, 3.8) is 0 Å². The Kier molecular flexibility index (Phi) is 7.71. The van der Waals surface area contributed by atoms with E-state index in [1.54, 1.807) is 0 Å². The first-order chi connectivity index (χ1) is 16.9. The molecule has 4 fully saturated rings. The third-order valence-corrected chi connectivity index (χ3v) is 10.5. The number of amides is 1. The van der Waals surface area contributed by atoms with Gasteiger partial charge in [0.05, 0.1) is 0 Å². The Morgan fingerprint density at radius 1 is 0.778 bits per heavy atom. The average Bonchev–Trinajstić information content (AvgIpc) is 3.18. The largest absolute Gasteiger partial charge is 0.445 e. The van der Waals surface area contributed by atoms with Gasteiger partial charge in [-0.15, -0.1) is 0 Å². The van der Waals surface area contributed by atoms with E-state index >= 15 is 0 Å². The van der Waals surface area contributed by atoms with E-state index in [0.29, 0.717) is 22.9 Å². The van der Waals surface area contributed by atoms with Gasteiger partial charge in [-0.05, 0) is 133 Å². The lowest BCUT2D eigenvalue weighted by Gasteiger charge is -2.78. The molecule has 3 nitrogen and oxygen atoms in total.